The number of carbonyl (C=O) groups is 1. The molecule has 1 saturated heterocycles. The van der Waals surface area contributed by atoms with Gasteiger partial charge in [-0.3, -0.25) is 9.69 Å². The van der Waals surface area contributed by atoms with Crippen LogP contribution in [0, 0.1) is 0 Å². The van der Waals surface area contributed by atoms with E-state index in [2.05, 4.69) is 53.5 Å². The molecule has 8 heteroatoms. The maximum Gasteiger partial charge on any atom is 0.273 e. The van der Waals surface area contributed by atoms with E-state index in [9.17, 15) is 4.79 Å². The minimum absolute atomic E-state index is 0.0493. The number of carbonyl (C=O) groups excluding carboxylic acids is 1. The van der Waals surface area contributed by atoms with Gasteiger partial charge in [-0.1, -0.05) is 43.3 Å². The number of amides is 1. The summed E-state index contributed by atoms with van der Waals surface area (Å²) in [5.74, 6) is 2.07. The maximum atomic E-state index is 13.0. The molecule has 0 saturated carbocycles. The molecular weight excluding hydrogens is 446 g/mol. The Bertz CT molecular complexity index is 1150. The number of rotatable bonds is 7. The van der Waals surface area contributed by atoms with Crippen molar-refractivity contribution in [2.75, 3.05) is 46.1 Å². The molecule has 3 heterocycles. The van der Waals surface area contributed by atoms with Crippen molar-refractivity contribution in [2.24, 2.45) is 0 Å². The van der Waals surface area contributed by atoms with Crippen LogP contribution < -0.4 is 14.8 Å². The quantitative estimate of drug-likeness (QED) is 0.550. The number of nitrogens with zero attached hydrogens (tertiary/aromatic N) is 2. The van der Waals surface area contributed by atoms with Crippen LogP contribution >= 0.6 is 0 Å². The van der Waals surface area contributed by atoms with E-state index >= 15 is 0 Å². The van der Waals surface area contributed by atoms with Gasteiger partial charge in [0.15, 0.2) is 23.0 Å². The summed E-state index contributed by atoms with van der Waals surface area (Å²) in [5.41, 5.74) is 3.49. The molecule has 1 atom stereocenters. The third kappa shape index (κ3) is 5.33. The molecule has 0 unspecified atom stereocenters. The van der Waals surface area contributed by atoms with Crippen LogP contribution in [0.15, 0.2) is 53.1 Å². The minimum atomic E-state index is -0.269. The molecule has 184 valence electrons. The lowest BCUT2D eigenvalue weighted by Gasteiger charge is -2.35. The Morgan fingerprint density at radius 3 is 2.40 bits per heavy atom. The Hall–Kier alpha value is -3.36. The zero-order valence-corrected chi connectivity index (χ0v) is 20.2. The van der Waals surface area contributed by atoms with Crippen LogP contribution in [0.1, 0.15) is 47.4 Å². The summed E-state index contributed by atoms with van der Waals surface area (Å²) < 4.78 is 22.2. The van der Waals surface area contributed by atoms with Gasteiger partial charge in [0.2, 0.25) is 0 Å². The van der Waals surface area contributed by atoms with Gasteiger partial charge in [-0.25, -0.2) is 0 Å². The third-order valence-electron chi connectivity index (χ3n) is 6.50. The third-order valence-corrected chi connectivity index (χ3v) is 6.50. The van der Waals surface area contributed by atoms with Gasteiger partial charge in [-0.2, -0.15) is 0 Å². The highest BCUT2D eigenvalue weighted by atomic mass is 16.6. The summed E-state index contributed by atoms with van der Waals surface area (Å²) in [7, 11) is 0. The van der Waals surface area contributed by atoms with Gasteiger partial charge in [-0.05, 0) is 35.2 Å². The SMILES string of the molecule is CC(C)c1ccc([C@H](CNC(=O)c2cc(-c3ccc4c(c3)OCCO4)on2)N2CCOCC2)cc1. The maximum absolute atomic E-state index is 13.0. The van der Waals surface area contributed by atoms with Gasteiger partial charge in [0.1, 0.15) is 13.2 Å². The van der Waals surface area contributed by atoms with Crippen LogP contribution in [-0.4, -0.2) is 62.0 Å². The van der Waals surface area contributed by atoms with E-state index in [0.29, 0.717) is 56.1 Å². The molecule has 2 aromatic carbocycles. The fourth-order valence-electron chi connectivity index (χ4n) is 4.44. The Labute approximate surface area is 205 Å². The first kappa shape index (κ1) is 23.4. The predicted octanol–water partition coefficient (Wildman–Crippen LogP) is 4.04. The molecule has 0 bridgehead atoms. The van der Waals surface area contributed by atoms with Crippen LogP contribution in [0.25, 0.3) is 11.3 Å². The smallest absolute Gasteiger partial charge is 0.273 e. The van der Waals surface area contributed by atoms with Crippen molar-refractivity contribution >= 4 is 5.91 Å². The van der Waals surface area contributed by atoms with Gasteiger partial charge >= 0.3 is 0 Å². The van der Waals surface area contributed by atoms with Crippen molar-refractivity contribution in [3.05, 3.63) is 65.4 Å². The lowest BCUT2D eigenvalue weighted by atomic mass is 9.98. The van der Waals surface area contributed by atoms with Gasteiger partial charge in [0.05, 0.1) is 19.3 Å². The number of hydrogen-bond acceptors (Lipinski definition) is 7. The Balaban J connectivity index is 1.28. The van der Waals surface area contributed by atoms with Crippen molar-refractivity contribution in [1.29, 1.82) is 0 Å². The van der Waals surface area contributed by atoms with Crippen LogP contribution in [0.4, 0.5) is 0 Å². The van der Waals surface area contributed by atoms with E-state index in [1.807, 2.05) is 18.2 Å². The summed E-state index contributed by atoms with van der Waals surface area (Å²) in [5, 5.41) is 7.06. The molecule has 3 aromatic rings. The number of ether oxygens (including phenoxy) is 3. The lowest BCUT2D eigenvalue weighted by molar-refractivity contribution is 0.0162. The molecule has 0 aliphatic carbocycles. The molecule has 0 radical (unpaired) electrons. The Morgan fingerprint density at radius 2 is 1.66 bits per heavy atom. The first-order valence-corrected chi connectivity index (χ1v) is 12.1. The van der Waals surface area contributed by atoms with Gasteiger partial charge in [0, 0.05) is 31.3 Å². The fraction of sp³-hybridized carbons (Fsp3) is 0.407. The first-order chi connectivity index (χ1) is 17.1. The molecule has 1 aromatic heterocycles. The average molecular weight is 478 g/mol. The number of hydrogen-bond donors (Lipinski definition) is 1. The molecule has 0 spiro atoms. The number of aromatic nitrogens is 1. The molecular formula is C27H31N3O5. The van der Waals surface area contributed by atoms with Gasteiger partial charge in [0.25, 0.3) is 5.91 Å². The second-order valence-corrected chi connectivity index (χ2v) is 9.13. The van der Waals surface area contributed by atoms with E-state index in [-0.39, 0.29) is 17.6 Å². The van der Waals surface area contributed by atoms with Crippen molar-refractivity contribution in [3.8, 4) is 22.8 Å². The highest BCUT2D eigenvalue weighted by Gasteiger charge is 2.24. The number of morpholine rings is 1. The zero-order chi connectivity index (χ0) is 24.2. The second-order valence-electron chi connectivity index (χ2n) is 9.13. The fourth-order valence-corrected chi connectivity index (χ4v) is 4.44. The van der Waals surface area contributed by atoms with Crippen LogP contribution in [0.3, 0.4) is 0 Å². The highest BCUT2D eigenvalue weighted by Crippen LogP contribution is 2.34. The molecule has 2 aliphatic heterocycles. The molecule has 5 rings (SSSR count). The summed E-state index contributed by atoms with van der Waals surface area (Å²) in [6.45, 7) is 8.91. The van der Waals surface area contributed by atoms with Gasteiger partial charge in [-0.15, -0.1) is 0 Å². The number of benzene rings is 2. The molecule has 8 nitrogen and oxygen atoms in total. The molecule has 1 N–H and O–H groups in total. The van der Waals surface area contributed by atoms with Crippen molar-refractivity contribution in [1.82, 2.24) is 15.4 Å². The largest absolute Gasteiger partial charge is 0.486 e. The molecule has 1 amide bonds. The molecule has 1 fully saturated rings. The van der Waals surface area contributed by atoms with Crippen LogP contribution in [0.5, 0.6) is 11.5 Å². The van der Waals surface area contributed by atoms with E-state index in [1.54, 1.807) is 6.07 Å². The summed E-state index contributed by atoms with van der Waals surface area (Å²) in [4.78, 5) is 15.3. The van der Waals surface area contributed by atoms with E-state index < -0.39 is 0 Å². The predicted molar refractivity (Wildman–Crippen MR) is 131 cm³/mol. The highest BCUT2D eigenvalue weighted by molar-refractivity contribution is 5.93. The normalized spacial score (nSPS) is 16.8. The van der Waals surface area contributed by atoms with Crippen LogP contribution in [-0.2, 0) is 4.74 Å². The van der Waals surface area contributed by atoms with Crippen molar-refractivity contribution in [2.45, 2.75) is 25.8 Å². The van der Waals surface area contributed by atoms with Crippen molar-refractivity contribution in [3.63, 3.8) is 0 Å². The second kappa shape index (κ2) is 10.5. The van der Waals surface area contributed by atoms with E-state index in [0.717, 1.165) is 18.7 Å². The molecule has 35 heavy (non-hydrogen) atoms. The summed E-state index contributed by atoms with van der Waals surface area (Å²) in [6.07, 6.45) is 0. The monoisotopic (exact) mass is 477 g/mol. The summed E-state index contributed by atoms with van der Waals surface area (Å²) >= 11 is 0. The minimum Gasteiger partial charge on any atom is -0.486 e. The summed E-state index contributed by atoms with van der Waals surface area (Å²) in [6, 6.07) is 15.9. The van der Waals surface area contributed by atoms with Crippen molar-refractivity contribution < 1.29 is 23.5 Å². The topological polar surface area (TPSA) is 86.1 Å². The van der Waals surface area contributed by atoms with E-state index in [4.69, 9.17) is 18.7 Å². The Kier molecular flexibility index (Phi) is 7.01. The lowest BCUT2D eigenvalue weighted by Crippen LogP contribution is -2.43. The Morgan fingerprint density at radius 1 is 0.943 bits per heavy atom. The number of fused-ring (bicyclic) bond motifs is 1. The number of nitrogens with one attached hydrogen (secondary N) is 1. The van der Waals surface area contributed by atoms with Gasteiger partial charge < -0.3 is 24.1 Å². The first-order valence-electron chi connectivity index (χ1n) is 12.1. The molecule has 2 aliphatic rings. The van der Waals surface area contributed by atoms with Crippen LogP contribution in [0.2, 0.25) is 0 Å². The average Bonchev–Trinajstić information content (AvgIpc) is 3.40. The van der Waals surface area contributed by atoms with E-state index in [1.165, 1.54) is 11.1 Å². The zero-order valence-electron chi connectivity index (χ0n) is 20.2. The standard InChI is InChI=1S/C27H31N3O5/c1-18(2)19-3-5-20(6-4-19)23(30-9-11-32-12-10-30)17-28-27(31)22-16-25(35-29-22)21-7-8-24-26(15-21)34-14-13-33-24/h3-8,15-16,18,23H,9-14,17H2,1-2H3,(H,28,31)/t23-/m0/s1.